The quantitative estimate of drug-likeness (QED) is 0.232. The van der Waals surface area contributed by atoms with Crippen molar-refractivity contribution < 1.29 is 19.4 Å². The Labute approximate surface area is 262 Å². The van der Waals surface area contributed by atoms with E-state index in [1.165, 1.54) is 11.0 Å². The molecule has 12 nitrogen and oxygen atoms in total. The normalized spacial score (nSPS) is 29.2. The Bertz CT molecular complexity index is 1690. The van der Waals surface area contributed by atoms with E-state index < -0.39 is 23.6 Å². The van der Waals surface area contributed by atoms with Gasteiger partial charge in [0.25, 0.3) is 0 Å². The van der Waals surface area contributed by atoms with Gasteiger partial charge in [0.05, 0.1) is 18.6 Å². The van der Waals surface area contributed by atoms with E-state index in [-0.39, 0.29) is 41.9 Å². The molecule has 8 atom stereocenters. The van der Waals surface area contributed by atoms with Crippen LogP contribution < -0.4 is 5.32 Å². The van der Waals surface area contributed by atoms with E-state index in [2.05, 4.69) is 63.3 Å². The summed E-state index contributed by atoms with van der Waals surface area (Å²) in [5.41, 5.74) is 2.92. The number of imidazole rings is 1. The second-order valence-electron chi connectivity index (χ2n) is 13.2. The Balaban J connectivity index is 1.20. The molecule has 2 aliphatic carbocycles. The number of aromatic nitrogens is 7. The topological polar surface area (TPSA) is 161 Å². The number of hydrogen-bond acceptors (Lipinski definition) is 10. The van der Waals surface area contributed by atoms with Gasteiger partial charge in [-0.15, -0.1) is 5.10 Å². The lowest BCUT2D eigenvalue weighted by atomic mass is 9.55. The van der Waals surface area contributed by atoms with Gasteiger partial charge >= 0.3 is 5.97 Å². The molecule has 4 aromatic rings. The summed E-state index contributed by atoms with van der Waals surface area (Å²) in [7, 11) is 0. The van der Waals surface area contributed by atoms with Crippen molar-refractivity contribution in [3.63, 3.8) is 0 Å². The number of nitrogens with one attached hydrogen (secondary N) is 2. The average molecular weight is 615 g/mol. The maximum atomic E-state index is 13.5. The summed E-state index contributed by atoms with van der Waals surface area (Å²) < 4.78 is 7.76. The van der Waals surface area contributed by atoms with Crippen LogP contribution in [0.5, 0.6) is 0 Å². The number of carbonyl (C=O) groups excluding carboxylic acids is 2. The molecule has 0 radical (unpaired) electrons. The summed E-state index contributed by atoms with van der Waals surface area (Å²) >= 11 is 0. The smallest absolute Gasteiger partial charge is 0.328 e. The van der Waals surface area contributed by atoms with Crippen LogP contribution in [0.4, 0.5) is 11.5 Å². The number of fused-ring (bicyclic) bond motifs is 2. The summed E-state index contributed by atoms with van der Waals surface area (Å²) in [5.74, 6) is 0.266. The SMILES string of the molecule is CCC(C)[C@]1(C)[C@@H]2C(=O)CCC2[C@@H](C)[C@H](O)[C@@H](C)C[C@H]1OC(=O)Cn1cc(-c2cccc(Nc3ncnc4nc[nH]c34)c2)nn1. The zero-order chi connectivity index (χ0) is 31.9. The van der Waals surface area contributed by atoms with Crippen molar-refractivity contribution in [3.8, 4) is 11.3 Å². The first-order chi connectivity index (χ1) is 21.6. The Hall–Kier alpha value is -4.19. The number of ether oxygens (including phenoxy) is 1. The van der Waals surface area contributed by atoms with Crippen LogP contribution in [-0.4, -0.2) is 64.0 Å². The Morgan fingerprint density at radius 1 is 1.27 bits per heavy atom. The number of anilines is 2. The van der Waals surface area contributed by atoms with Crippen molar-refractivity contribution in [3.05, 3.63) is 43.1 Å². The first-order valence-corrected chi connectivity index (χ1v) is 15.9. The van der Waals surface area contributed by atoms with Crippen molar-refractivity contribution in [2.75, 3.05) is 5.32 Å². The average Bonchev–Trinajstić information content (AvgIpc) is 3.79. The highest BCUT2D eigenvalue weighted by Gasteiger charge is 2.58. The van der Waals surface area contributed by atoms with Crippen LogP contribution in [0.1, 0.15) is 60.3 Å². The zero-order valence-corrected chi connectivity index (χ0v) is 26.5. The lowest BCUT2D eigenvalue weighted by molar-refractivity contribution is -0.177. The molecule has 238 valence electrons. The Morgan fingerprint density at radius 2 is 2.09 bits per heavy atom. The molecule has 3 aromatic heterocycles. The number of H-pyrrole nitrogens is 1. The second kappa shape index (κ2) is 12.3. The molecule has 45 heavy (non-hydrogen) atoms. The molecule has 0 saturated heterocycles. The maximum Gasteiger partial charge on any atom is 0.328 e. The van der Waals surface area contributed by atoms with Gasteiger partial charge in [-0.25, -0.2) is 19.6 Å². The Kier molecular flexibility index (Phi) is 8.43. The molecular weight excluding hydrogens is 572 g/mol. The van der Waals surface area contributed by atoms with Gasteiger partial charge in [-0.1, -0.05) is 58.4 Å². The van der Waals surface area contributed by atoms with Gasteiger partial charge in [0, 0.05) is 29.0 Å². The number of esters is 1. The van der Waals surface area contributed by atoms with E-state index in [9.17, 15) is 14.7 Å². The summed E-state index contributed by atoms with van der Waals surface area (Å²) in [4.78, 5) is 42.6. The number of rotatable bonds is 8. The predicted octanol–water partition coefficient (Wildman–Crippen LogP) is 4.95. The summed E-state index contributed by atoms with van der Waals surface area (Å²) in [6, 6.07) is 7.65. The monoisotopic (exact) mass is 614 g/mol. The van der Waals surface area contributed by atoms with E-state index >= 15 is 0 Å². The van der Waals surface area contributed by atoms with Gasteiger partial charge in [-0.05, 0) is 48.6 Å². The third kappa shape index (κ3) is 5.71. The highest BCUT2D eigenvalue weighted by atomic mass is 16.5. The summed E-state index contributed by atoms with van der Waals surface area (Å²) in [6.07, 6.45) is 6.30. The highest BCUT2D eigenvalue weighted by molar-refractivity contribution is 5.85. The van der Waals surface area contributed by atoms with E-state index in [1.54, 1.807) is 12.5 Å². The molecule has 2 fully saturated rings. The molecule has 12 heteroatoms. The van der Waals surface area contributed by atoms with Crippen LogP contribution in [0.2, 0.25) is 0 Å². The molecule has 0 spiro atoms. The number of aliphatic hydroxyl groups excluding tert-OH is 1. The Morgan fingerprint density at radius 3 is 2.89 bits per heavy atom. The number of nitrogens with zero attached hydrogens (tertiary/aromatic N) is 6. The van der Waals surface area contributed by atoms with Crippen LogP contribution in [0.25, 0.3) is 22.4 Å². The number of hydrogen-bond donors (Lipinski definition) is 3. The fourth-order valence-corrected chi connectivity index (χ4v) is 7.78. The molecule has 0 amide bonds. The van der Waals surface area contributed by atoms with Crippen molar-refractivity contribution >= 4 is 34.4 Å². The molecular formula is C33H42N8O4. The van der Waals surface area contributed by atoms with Crippen LogP contribution >= 0.6 is 0 Å². The molecule has 3 heterocycles. The lowest BCUT2D eigenvalue weighted by Crippen LogP contribution is -2.54. The van der Waals surface area contributed by atoms with Crippen molar-refractivity contribution in [1.82, 2.24) is 34.9 Å². The van der Waals surface area contributed by atoms with Crippen molar-refractivity contribution in [2.45, 2.75) is 79.1 Å². The summed E-state index contributed by atoms with van der Waals surface area (Å²) in [6.45, 7) is 10.4. The standard InChI is InChI=1S/C33H42N8O4/c1-6-19(3)33(5)26(12-18(2)30(44)20(4)23-10-11-25(42)28(23)33)45-27(43)15-41-14-24(39-40-41)21-8-7-9-22(13-21)38-32-29-31(35-16-34-29)36-17-37-32/h7-9,13-14,16-20,23,26,28,30,44H,6,10-12,15H2,1-5H3,(H2,34,35,36,37,38)/t18-,19?,20+,23?,26+,28-,30+,33-/m0/s1. The molecule has 3 N–H and O–H groups in total. The minimum absolute atomic E-state index is 0.00575. The summed E-state index contributed by atoms with van der Waals surface area (Å²) in [5, 5.41) is 23.0. The van der Waals surface area contributed by atoms with Gasteiger partial charge in [0.1, 0.15) is 36.0 Å². The third-order valence-corrected chi connectivity index (χ3v) is 10.7. The highest BCUT2D eigenvalue weighted by Crippen LogP contribution is 2.55. The molecule has 0 bridgehead atoms. The van der Waals surface area contributed by atoms with Crippen molar-refractivity contribution in [1.29, 1.82) is 0 Å². The van der Waals surface area contributed by atoms with E-state index in [0.717, 1.165) is 24.1 Å². The molecule has 6 rings (SSSR count). The maximum absolute atomic E-state index is 13.5. The number of carbonyl (C=O) groups is 2. The third-order valence-electron chi connectivity index (χ3n) is 10.7. The fourth-order valence-electron chi connectivity index (χ4n) is 7.78. The number of aromatic amines is 1. The number of ketones is 1. The van der Waals surface area contributed by atoms with Gasteiger partial charge in [0.2, 0.25) is 0 Å². The minimum atomic E-state index is -0.561. The second-order valence-corrected chi connectivity index (χ2v) is 13.2. The molecule has 2 unspecified atom stereocenters. The van der Waals surface area contributed by atoms with Gasteiger partial charge in [-0.2, -0.15) is 0 Å². The van der Waals surface area contributed by atoms with Gasteiger partial charge in [-0.3, -0.25) is 9.59 Å². The van der Waals surface area contributed by atoms with Crippen LogP contribution in [-0.2, 0) is 20.9 Å². The zero-order valence-electron chi connectivity index (χ0n) is 26.5. The van der Waals surface area contributed by atoms with Crippen LogP contribution in [0.3, 0.4) is 0 Å². The van der Waals surface area contributed by atoms with E-state index in [1.807, 2.05) is 31.2 Å². The van der Waals surface area contributed by atoms with Crippen LogP contribution in [0.15, 0.2) is 43.1 Å². The number of aliphatic hydroxyl groups is 1. The van der Waals surface area contributed by atoms with Gasteiger partial charge < -0.3 is 20.1 Å². The first kappa shape index (κ1) is 30.8. The largest absolute Gasteiger partial charge is 0.460 e. The molecule has 2 aliphatic rings. The number of Topliss-reactive ketones (excluding diaryl/α,β-unsaturated/α-hetero) is 1. The molecule has 2 saturated carbocycles. The van der Waals surface area contributed by atoms with Crippen molar-refractivity contribution in [2.24, 2.45) is 35.0 Å². The van der Waals surface area contributed by atoms with Gasteiger partial charge in [0.15, 0.2) is 11.5 Å². The fraction of sp³-hybridized carbons (Fsp3) is 0.545. The predicted molar refractivity (Wildman–Crippen MR) is 168 cm³/mol. The molecule has 0 aliphatic heterocycles. The van der Waals surface area contributed by atoms with Crippen LogP contribution in [0, 0.1) is 35.0 Å². The van der Waals surface area contributed by atoms with E-state index in [4.69, 9.17) is 4.74 Å². The number of benzene rings is 1. The lowest BCUT2D eigenvalue weighted by Gasteiger charge is -2.51. The minimum Gasteiger partial charge on any atom is -0.460 e. The van der Waals surface area contributed by atoms with E-state index in [0.29, 0.717) is 35.5 Å². The molecule has 1 aromatic carbocycles. The first-order valence-electron chi connectivity index (χ1n) is 15.9.